The Bertz CT molecular complexity index is 322. The average molecular weight is 299 g/mol. The first kappa shape index (κ1) is 17.4. The van der Waals surface area contributed by atoms with Crippen molar-refractivity contribution in [3.05, 3.63) is 0 Å². The standard InChI is InChI=1S/C15H29N3OS/c1-3-5-13-6-4-9-18(11-7-13)12-15(19)17(2)10-8-14(16)20/h13H,3-12H2,1-2H3,(H2,16,20). The predicted molar refractivity (Wildman–Crippen MR) is 87.7 cm³/mol. The summed E-state index contributed by atoms with van der Waals surface area (Å²) in [4.78, 5) is 16.7. The van der Waals surface area contributed by atoms with E-state index in [0.29, 0.717) is 24.5 Å². The van der Waals surface area contributed by atoms with Crippen molar-refractivity contribution in [3.63, 3.8) is 0 Å². The molecule has 5 heteroatoms. The highest BCUT2D eigenvalue weighted by molar-refractivity contribution is 7.80. The van der Waals surface area contributed by atoms with E-state index in [-0.39, 0.29) is 5.91 Å². The first-order valence-corrected chi connectivity index (χ1v) is 8.18. The molecular formula is C15H29N3OS. The van der Waals surface area contributed by atoms with E-state index in [0.717, 1.165) is 19.0 Å². The van der Waals surface area contributed by atoms with Crippen LogP contribution in [0.2, 0.25) is 0 Å². The maximum Gasteiger partial charge on any atom is 0.236 e. The fraction of sp³-hybridized carbons (Fsp3) is 0.867. The molecule has 1 amide bonds. The van der Waals surface area contributed by atoms with Gasteiger partial charge in [0.1, 0.15) is 0 Å². The Morgan fingerprint density at radius 2 is 2.15 bits per heavy atom. The molecule has 0 aromatic heterocycles. The van der Waals surface area contributed by atoms with Crippen LogP contribution in [0.4, 0.5) is 0 Å². The number of rotatable bonds is 7. The van der Waals surface area contributed by atoms with Crippen LogP contribution >= 0.6 is 12.2 Å². The second-order valence-electron chi connectivity index (χ2n) is 5.89. The van der Waals surface area contributed by atoms with Crippen molar-refractivity contribution in [2.45, 2.75) is 45.4 Å². The number of carbonyl (C=O) groups is 1. The lowest BCUT2D eigenvalue weighted by atomic mass is 9.96. The summed E-state index contributed by atoms with van der Waals surface area (Å²) in [5, 5.41) is 0. The molecule has 1 heterocycles. The number of amides is 1. The van der Waals surface area contributed by atoms with Gasteiger partial charge in [0, 0.05) is 20.0 Å². The van der Waals surface area contributed by atoms with Gasteiger partial charge in [0.25, 0.3) is 0 Å². The first-order valence-electron chi connectivity index (χ1n) is 7.77. The van der Waals surface area contributed by atoms with Crippen LogP contribution in [0.3, 0.4) is 0 Å². The molecule has 0 aliphatic carbocycles. The van der Waals surface area contributed by atoms with E-state index in [4.69, 9.17) is 18.0 Å². The van der Waals surface area contributed by atoms with E-state index in [1.165, 1.54) is 32.1 Å². The van der Waals surface area contributed by atoms with Gasteiger partial charge in [-0.25, -0.2) is 0 Å². The maximum atomic E-state index is 12.1. The molecule has 0 radical (unpaired) electrons. The minimum atomic E-state index is 0.176. The Morgan fingerprint density at radius 3 is 2.80 bits per heavy atom. The summed E-state index contributed by atoms with van der Waals surface area (Å²) in [5.74, 6) is 1.03. The molecule has 20 heavy (non-hydrogen) atoms. The average Bonchev–Trinajstić information content (AvgIpc) is 2.62. The highest BCUT2D eigenvalue weighted by Crippen LogP contribution is 2.21. The molecule has 4 nitrogen and oxygen atoms in total. The van der Waals surface area contributed by atoms with Gasteiger partial charge in [0.05, 0.1) is 11.5 Å². The van der Waals surface area contributed by atoms with E-state index in [2.05, 4.69) is 11.8 Å². The zero-order chi connectivity index (χ0) is 15.0. The predicted octanol–water partition coefficient (Wildman–Crippen LogP) is 2.02. The second kappa shape index (κ2) is 9.29. The van der Waals surface area contributed by atoms with E-state index < -0.39 is 0 Å². The number of nitrogens with two attached hydrogens (primary N) is 1. The van der Waals surface area contributed by atoms with Crippen molar-refractivity contribution in [2.24, 2.45) is 11.7 Å². The number of likely N-dealkylation sites (tertiary alicyclic amines) is 1. The fourth-order valence-electron chi connectivity index (χ4n) is 2.79. The maximum absolute atomic E-state index is 12.1. The third-order valence-electron chi connectivity index (χ3n) is 4.12. The largest absolute Gasteiger partial charge is 0.393 e. The monoisotopic (exact) mass is 299 g/mol. The smallest absolute Gasteiger partial charge is 0.236 e. The van der Waals surface area contributed by atoms with Crippen molar-refractivity contribution in [3.8, 4) is 0 Å². The number of carbonyl (C=O) groups excluding carboxylic acids is 1. The highest BCUT2D eigenvalue weighted by Gasteiger charge is 2.19. The van der Waals surface area contributed by atoms with Gasteiger partial charge in [-0.1, -0.05) is 32.0 Å². The Morgan fingerprint density at radius 1 is 1.40 bits per heavy atom. The van der Waals surface area contributed by atoms with E-state index in [9.17, 15) is 4.79 Å². The topological polar surface area (TPSA) is 49.6 Å². The van der Waals surface area contributed by atoms with E-state index in [1.54, 1.807) is 4.90 Å². The van der Waals surface area contributed by atoms with Crippen LogP contribution in [-0.2, 0) is 4.79 Å². The van der Waals surface area contributed by atoms with Crippen LogP contribution in [-0.4, -0.2) is 53.9 Å². The summed E-state index contributed by atoms with van der Waals surface area (Å²) in [6.07, 6.45) is 6.97. The summed E-state index contributed by atoms with van der Waals surface area (Å²) in [7, 11) is 1.83. The zero-order valence-corrected chi connectivity index (χ0v) is 13.8. The summed E-state index contributed by atoms with van der Waals surface area (Å²) in [6.45, 7) is 5.52. The molecule has 0 spiro atoms. The van der Waals surface area contributed by atoms with Crippen LogP contribution in [0.5, 0.6) is 0 Å². The molecule has 1 aliphatic heterocycles. The second-order valence-corrected chi connectivity index (χ2v) is 6.42. The van der Waals surface area contributed by atoms with E-state index in [1.807, 2.05) is 7.05 Å². The molecule has 116 valence electrons. The minimum Gasteiger partial charge on any atom is -0.393 e. The number of likely N-dealkylation sites (N-methyl/N-ethyl adjacent to an activating group) is 1. The molecule has 2 N–H and O–H groups in total. The van der Waals surface area contributed by atoms with Gasteiger partial charge in [-0.2, -0.15) is 0 Å². The van der Waals surface area contributed by atoms with Gasteiger partial charge >= 0.3 is 0 Å². The van der Waals surface area contributed by atoms with E-state index >= 15 is 0 Å². The van der Waals surface area contributed by atoms with Crippen molar-refractivity contribution in [1.82, 2.24) is 9.80 Å². The van der Waals surface area contributed by atoms with Gasteiger partial charge in [-0.05, 0) is 38.3 Å². The van der Waals surface area contributed by atoms with Gasteiger partial charge in [-0.3, -0.25) is 9.69 Å². The lowest BCUT2D eigenvalue weighted by Gasteiger charge is -2.23. The Balaban J connectivity index is 2.32. The Kier molecular flexibility index (Phi) is 8.07. The van der Waals surface area contributed by atoms with Crippen molar-refractivity contribution >= 4 is 23.1 Å². The van der Waals surface area contributed by atoms with Gasteiger partial charge < -0.3 is 10.6 Å². The van der Waals surface area contributed by atoms with Crippen LogP contribution in [0.15, 0.2) is 0 Å². The third-order valence-corrected chi connectivity index (χ3v) is 4.32. The van der Waals surface area contributed by atoms with Crippen molar-refractivity contribution < 1.29 is 4.79 Å². The minimum absolute atomic E-state index is 0.176. The lowest BCUT2D eigenvalue weighted by molar-refractivity contribution is -0.131. The fourth-order valence-corrected chi connectivity index (χ4v) is 2.89. The SMILES string of the molecule is CCCC1CCCN(CC(=O)N(C)CCC(N)=S)CC1. The summed E-state index contributed by atoms with van der Waals surface area (Å²) in [5.41, 5.74) is 5.47. The number of hydrogen-bond acceptors (Lipinski definition) is 3. The van der Waals surface area contributed by atoms with Crippen LogP contribution in [0, 0.1) is 5.92 Å². The molecule has 0 aromatic rings. The summed E-state index contributed by atoms with van der Waals surface area (Å²) >= 11 is 4.85. The molecule has 0 bridgehead atoms. The summed E-state index contributed by atoms with van der Waals surface area (Å²) in [6, 6.07) is 0. The van der Waals surface area contributed by atoms with Crippen molar-refractivity contribution in [1.29, 1.82) is 0 Å². The molecule has 1 aliphatic rings. The zero-order valence-electron chi connectivity index (χ0n) is 12.9. The molecular weight excluding hydrogens is 270 g/mol. The lowest BCUT2D eigenvalue weighted by Crippen LogP contribution is -2.39. The van der Waals surface area contributed by atoms with Gasteiger partial charge in [-0.15, -0.1) is 0 Å². The molecule has 1 rings (SSSR count). The van der Waals surface area contributed by atoms with Crippen molar-refractivity contribution in [2.75, 3.05) is 33.2 Å². The number of hydrogen-bond donors (Lipinski definition) is 1. The number of nitrogens with zero attached hydrogens (tertiary/aromatic N) is 2. The highest BCUT2D eigenvalue weighted by atomic mass is 32.1. The third kappa shape index (κ3) is 6.66. The van der Waals surface area contributed by atoms with Crippen LogP contribution in [0.25, 0.3) is 0 Å². The molecule has 1 saturated heterocycles. The molecule has 0 saturated carbocycles. The molecule has 1 fully saturated rings. The van der Waals surface area contributed by atoms with Gasteiger partial charge in [0.2, 0.25) is 5.91 Å². The normalized spacial score (nSPS) is 20.4. The number of thiocarbonyl (C=S) groups is 1. The molecule has 0 aromatic carbocycles. The molecule has 1 atom stereocenters. The Labute approximate surface area is 128 Å². The van der Waals surface area contributed by atoms with Gasteiger partial charge in [0.15, 0.2) is 0 Å². The van der Waals surface area contributed by atoms with Crippen LogP contribution < -0.4 is 5.73 Å². The quantitative estimate of drug-likeness (QED) is 0.731. The summed E-state index contributed by atoms with van der Waals surface area (Å²) < 4.78 is 0. The Hall–Kier alpha value is -0.680. The molecule has 1 unspecified atom stereocenters. The van der Waals surface area contributed by atoms with Crippen LogP contribution in [0.1, 0.15) is 45.4 Å². The first-order chi connectivity index (χ1) is 9.52.